The monoisotopic (exact) mass is 385 g/mol. The zero-order chi connectivity index (χ0) is 17.1. The third-order valence-electron chi connectivity index (χ3n) is 3.44. The van der Waals surface area contributed by atoms with Gasteiger partial charge >= 0.3 is 0 Å². The molecule has 0 bridgehead atoms. The van der Waals surface area contributed by atoms with Gasteiger partial charge in [-0.3, -0.25) is 14.3 Å². The minimum Gasteiger partial charge on any atom is -0.302 e. The van der Waals surface area contributed by atoms with Crippen LogP contribution in [0.1, 0.15) is 21.9 Å². The SMILES string of the molecule is CN(C)Cc1nncn1-c1ccc(Br)cc1C(=O)c1ccccn1. The summed E-state index contributed by atoms with van der Waals surface area (Å²) in [5.74, 6) is 0.619. The Hall–Kier alpha value is -2.38. The van der Waals surface area contributed by atoms with E-state index in [1.54, 1.807) is 36.8 Å². The first-order chi connectivity index (χ1) is 11.6. The van der Waals surface area contributed by atoms with Crippen LogP contribution in [0.2, 0.25) is 0 Å². The lowest BCUT2D eigenvalue weighted by atomic mass is 10.1. The van der Waals surface area contributed by atoms with E-state index in [-0.39, 0.29) is 5.78 Å². The van der Waals surface area contributed by atoms with E-state index in [0.29, 0.717) is 17.8 Å². The fourth-order valence-electron chi connectivity index (χ4n) is 2.39. The van der Waals surface area contributed by atoms with E-state index < -0.39 is 0 Å². The summed E-state index contributed by atoms with van der Waals surface area (Å²) >= 11 is 3.44. The van der Waals surface area contributed by atoms with Crippen LogP contribution in [-0.2, 0) is 6.54 Å². The van der Waals surface area contributed by atoms with Crippen molar-refractivity contribution < 1.29 is 4.79 Å². The number of nitrogens with zero attached hydrogens (tertiary/aromatic N) is 5. The number of pyridine rings is 1. The van der Waals surface area contributed by atoms with E-state index in [1.165, 1.54) is 0 Å². The molecule has 0 aliphatic heterocycles. The first-order valence-corrected chi connectivity index (χ1v) is 8.15. The van der Waals surface area contributed by atoms with Crippen LogP contribution in [0.4, 0.5) is 0 Å². The summed E-state index contributed by atoms with van der Waals surface area (Å²) in [4.78, 5) is 19.1. The summed E-state index contributed by atoms with van der Waals surface area (Å²) in [6.45, 7) is 0.618. The standard InChI is InChI=1S/C17H16BrN5O/c1-22(2)10-16-21-20-11-23(16)15-7-6-12(18)9-13(15)17(24)14-5-3-4-8-19-14/h3-9,11H,10H2,1-2H3. The van der Waals surface area contributed by atoms with Gasteiger partial charge < -0.3 is 4.90 Å². The topological polar surface area (TPSA) is 63.9 Å². The van der Waals surface area contributed by atoms with E-state index >= 15 is 0 Å². The van der Waals surface area contributed by atoms with Crippen LogP contribution in [0.3, 0.4) is 0 Å². The zero-order valence-electron chi connectivity index (χ0n) is 13.3. The van der Waals surface area contributed by atoms with E-state index in [9.17, 15) is 4.79 Å². The highest BCUT2D eigenvalue weighted by Gasteiger charge is 2.18. The average molecular weight is 386 g/mol. The van der Waals surface area contributed by atoms with Gasteiger partial charge in [-0.2, -0.15) is 0 Å². The molecule has 1 aromatic carbocycles. The third-order valence-corrected chi connectivity index (χ3v) is 3.93. The molecule has 2 aromatic heterocycles. The first kappa shape index (κ1) is 16.5. The summed E-state index contributed by atoms with van der Waals surface area (Å²) in [5, 5.41) is 8.16. The number of ketones is 1. The van der Waals surface area contributed by atoms with Gasteiger partial charge in [0.05, 0.1) is 12.2 Å². The number of hydrogen-bond donors (Lipinski definition) is 0. The van der Waals surface area contributed by atoms with E-state index in [2.05, 4.69) is 31.1 Å². The second-order valence-corrected chi connectivity index (χ2v) is 6.48. The van der Waals surface area contributed by atoms with Gasteiger partial charge in [0.1, 0.15) is 12.0 Å². The van der Waals surface area contributed by atoms with Crippen molar-refractivity contribution in [1.29, 1.82) is 0 Å². The Labute approximate surface area is 148 Å². The van der Waals surface area contributed by atoms with Crippen molar-refractivity contribution in [3.05, 3.63) is 70.5 Å². The fraction of sp³-hybridized carbons (Fsp3) is 0.176. The fourth-order valence-corrected chi connectivity index (χ4v) is 2.75. The van der Waals surface area contributed by atoms with Gasteiger partial charge in [-0.1, -0.05) is 22.0 Å². The third kappa shape index (κ3) is 3.42. The molecule has 0 aliphatic rings. The maximum absolute atomic E-state index is 12.9. The summed E-state index contributed by atoms with van der Waals surface area (Å²) in [6, 6.07) is 10.9. The molecule has 0 saturated heterocycles. The molecule has 0 spiro atoms. The Balaban J connectivity index is 2.10. The Bertz CT molecular complexity index is 860. The van der Waals surface area contributed by atoms with Gasteiger partial charge in [0, 0.05) is 16.2 Å². The minimum atomic E-state index is -0.142. The maximum atomic E-state index is 12.9. The highest BCUT2D eigenvalue weighted by Crippen LogP contribution is 2.23. The number of carbonyl (C=O) groups is 1. The molecule has 3 rings (SSSR count). The normalized spacial score (nSPS) is 11.0. The minimum absolute atomic E-state index is 0.142. The van der Waals surface area contributed by atoms with Gasteiger partial charge in [-0.15, -0.1) is 10.2 Å². The van der Waals surface area contributed by atoms with Gasteiger partial charge in [-0.05, 0) is 44.4 Å². The van der Waals surface area contributed by atoms with Crippen LogP contribution in [-0.4, -0.2) is 44.5 Å². The van der Waals surface area contributed by atoms with Crippen molar-refractivity contribution in [2.24, 2.45) is 0 Å². The quantitative estimate of drug-likeness (QED) is 0.631. The van der Waals surface area contributed by atoms with Crippen molar-refractivity contribution in [1.82, 2.24) is 24.6 Å². The Morgan fingerprint density at radius 1 is 1.25 bits per heavy atom. The van der Waals surface area contributed by atoms with Gasteiger partial charge in [-0.25, -0.2) is 0 Å². The lowest BCUT2D eigenvalue weighted by molar-refractivity contribution is 0.103. The Morgan fingerprint density at radius 2 is 2.08 bits per heavy atom. The molecule has 6 nitrogen and oxygen atoms in total. The van der Waals surface area contributed by atoms with Crippen LogP contribution in [0.25, 0.3) is 5.69 Å². The van der Waals surface area contributed by atoms with Crippen molar-refractivity contribution in [2.45, 2.75) is 6.54 Å². The highest BCUT2D eigenvalue weighted by atomic mass is 79.9. The molecule has 2 heterocycles. The maximum Gasteiger partial charge on any atom is 0.213 e. The van der Waals surface area contributed by atoms with Crippen molar-refractivity contribution in [3.8, 4) is 5.69 Å². The number of benzene rings is 1. The summed E-state index contributed by atoms with van der Waals surface area (Å²) in [6.07, 6.45) is 3.23. The molecule has 0 unspecified atom stereocenters. The van der Waals surface area contributed by atoms with Crippen LogP contribution < -0.4 is 0 Å². The second kappa shape index (κ2) is 7.02. The molecule has 3 aromatic rings. The second-order valence-electron chi connectivity index (χ2n) is 5.56. The molecule has 7 heteroatoms. The van der Waals surface area contributed by atoms with Crippen molar-refractivity contribution in [2.75, 3.05) is 14.1 Å². The molecular weight excluding hydrogens is 370 g/mol. The summed E-state index contributed by atoms with van der Waals surface area (Å²) < 4.78 is 2.66. The Morgan fingerprint density at radius 3 is 2.79 bits per heavy atom. The van der Waals surface area contributed by atoms with Crippen molar-refractivity contribution >= 4 is 21.7 Å². The molecule has 0 radical (unpaired) electrons. The average Bonchev–Trinajstić information content (AvgIpc) is 3.02. The predicted octanol–water partition coefficient (Wildman–Crippen LogP) is 2.72. The molecule has 0 saturated carbocycles. The van der Waals surface area contributed by atoms with E-state index in [0.717, 1.165) is 16.0 Å². The molecule has 0 N–H and O–H groups in total. The molecular formula is C17H16BrN5O. The lowest BCUT2D eigenvalue weighted by Crippen LogP contribution is -2.16. The van der Waals surface area contributed by atoms with E-state index in [4.69, 9.17) is 0 Å². The molecule has 0 atom stereocenters. The van der Waals surface area contributed by atoms with Gasteiger partial charge in [0.25, 0.3) is 0 Å². The van der Waals surface area contributed by atoms with Crippen LogP contribution in [0, 0.1) is 0 Å². The Kier molecular flexibility index (Phi) is 4.82. The smallest absolute Gasteiger partial charge is 0.213 e. The molecule has 24 heavy (non-hydrogen) atoms. The first-order valence-electron chi connectivity index (χ1n) is 7.35. The zero-order valence-corrected chi connectivity index (χ0v) is 14.9. The number of hydrogen-bond acceptors (Lipinski definition) is 5. The summed E-state index contributed by atoms with van der Waals surface area (Å²) in [5.41, 5.74) is 1.68. The van der Waals surface area contributed by atoms with Crippen LogP contribution in [0.15, 0.2) is 53.4 Å². The highest BCUT2D eigenvalue weighted by molar-refractivity contribution is 9.10. The number of halogens is 1. The van der Waals surface area contributed by atoms with Gasteiger partial charge in [0.15, 0.2) is 5.82 Å². The molecule has 122 valence electrons. The predicted molar refractivity (Wildman–Crippen MR) is 94.1 cm³/mol. The van der Waals surface area contributed by atoms with Crippen molar-refractivity contribution in [3.63, 3.8) is 0 Å². The number of rotatable bonds is 5. The summed E-state index contributed by atoms with van der Waals surface area (Å²) in [7, 11) is 3.92. The molecule has 0 fully saturated rings. The largest absolute Gasteiger partial charge is 0.302 e. The van der Waals surface area contributed by atoms with Crippen LogP contribution >= 0.6 is 15.9 Å². The van der Waals surface area contributed by atoms with Crippen LogP contribution in [0.5, 0.6) is 0 Å². The molecule has 0 aliphatic carbocycles. The molecule has 0 amide bonds. The van der Waals surface area contributed by atoms with Gasteiger partial charge in [0.2, 0.25) is 5.78 Å². The number of carbonyl (C=O) groups excluding carboxylic acids is 1. The lowest BCUT2D eigenvalue weighted by Gasteiger charge is -2.14. The van der Waals surface area contributed by atoms with E-state index in [1.807, 2.05) is 35.7 Å². The number of aromatic nitrogens is 4.